The van der Waals surface area contributed by atoms with Gasteiger partial charge in [-0.15, -0.1) is 0 Å². The Morgan fingerprint density at radius 2 is 1.75 bits per heavy atom. The first-order chi connectivity index (χ1) is 15.6. The minimum absolute atomic E-state index is 0.0769. The van der Waals surface area contributed by atoms with Crippen molar-refractivity contribution in [2.45, 2.75) is 26.4 Å². The SMILES string of the molecule is CC(C)n1ncc2c(C(=O)N3CCn4c3nc3ccccc34)cc(-c3ccccc3)nc21. The van der Waals surface area contributed by atoms with Crippen LogP contribution < -0.4 is 4.90 Å². The van der Waals surface area contributed by atoms with Crippen LogP contribution >= 0.6 is 0 Å². The Morgan fingerprint density at radius 3 is 2.56 bits per heavy atom. The number of nitrogens with zero attached hydrogens (tertiary/aromatic N) is 6. The molecule has 0 aliphatic carbocycles. The standard InChI is InChI=1S/C25H22N6O/c1-16(2)31-23-19(15-26-31)18(14-21(27-23)17-8-4-3-5-9-17)24(32)30-13-12-29-22-11-7-6-10-20(22)28-25(29)30/h3-11,14-16H,12-13H2,1-2H3. The first-order valence-corrected chi connectivity index (χ1v) is 10.8. The van der Waals surface area contributed by atoms with Crippen molar-refractivity contribution in [3.05, 3.63) is 72.4 Å². The van der Waals surface area contributed by atoms with Gasteiger partial charge in [0, 0.05) is 24.7 Å². The largest absolute Gasteiger partial charge is 0.308 e. The number of para-hydroxylation sites is 2. The van der Waals surface area contributed by atoms with Crippen LogP contribution in [0.15, 0.2) is 66.9 Å². The summed E-state index contributed by atoms with van der Waals surface area (Å²) in [7, 11) is 0. The molecule has 0 fully saturated rings. The van der Waals surface area contributed by atoms with Crippen LogP contribution in [0, 0.1) is 0 Å². The van der Waals surface area contributed by atoms with Gasteiger partial charge >= 0.3 is 0 Å². The van der Waals surface area contributed by atoms with Gasteiger partial charge in [0.25, 0.3) is 5.91 Å². The van der Waals surface area contributed by atoms with Crippen molar-refractivity contribution in [1.29, 1.82) is 0 Å². The summed E-state index contributed by atoms with van der Waals surface area (Å²) in [4.78, 5) is 25.3. The van der Waals surface area contributed by atoms with Gasteiger partial charge in [-0.2, -0.15) is 5.10 Å². The van der Waals surface area contributed by atoms with Crippen LogP contribution in [0.5, 0.6) is 0 Å². The molecule has 158 valence electrons. The van der Waals surface area contributed by atoms with Crippen LogP contribution in [-0.4, -0.2) is 36.8 Å². The minimum atomic E-state index is -0.0769. The smallest absolute Gasteiger partial charge is 0.261 e. The molecule has 3 aromatic heterocycles. The van der Waals surface area contributed by atoms with Crippen molar-refractivity contribution in [2.75, 3.05) is 11.4 Å². The molecular formula is C25H22N6O. The van der Waals surface area contributed by atoms with E-state index >= 15 is 0 Å². The van der Waals surface area contributed by atoms with Crippen molar-refractivity contribution in [3.8, 4) is 11.3 Å². The Hall–Kier alpha value is -4.00. The van der Waals surface area contributed by atoms with Gasteiger partial charge in [0.2, 0.25) is 5.95 Å². The fourth-order valence-electron chi connectivity index (χ4n) is 4.46. The molecule has 1 amide bonds. The number of hydrogen-bond acceptors (Lipinski definition) is 4. The average Bonchev–Trinajstić information content (AvgIpc) is 3.52. The third-order valence-corrected chi connectivity index (χ3v) is 6.02. The molecule has 2 aromatic carbocycles. The molecule has 0 atom stereocenters. The van der Waals surface area contributed by atoms with Crippen molar-refractivity contribution in [3.63, 3.8) is 0 Å². The maximum atomic E-state index is 13.9. The average molecular weight is 422 g/mol. The predicted molar refractivity (Wildman–Crippen MR) is 125 cm³/mol. The van der Waals surface area contributed by atoms with Crippen LogP contribution in [0.1, 0.15) is 30.2 Å². The Morgan fingerprint density at radius 1 is 0.969 bits per heavy atom. The molecule has 0 radical (unpaired) electrons. The molecule has 0 bridgehead atoms. The lowest BCUT2D eigenvalue weighted by Gasteiger charge is -2.16. The molecule has 32 heavy (non-hydrogen) atoms. The summed E-state index contributed by atoms with van der Waals surface area (Å²) in [6.07, 6.45) is 1.75. The van der Waals surface area contributed by atoms with Crippen LogP contribution in [0.2, 0.25) is 0 Å². The zero-order valence-electron chi connectivity index (χ0n) is 17.9. The number of carbonyl (C=O) groups excluding carboxylic acids is 1. The van der Waals surface area contributed by atoms with Crippen LogP contribution in [0.3, 0.4) is 0 Å². The van der Waals surface area contributed by atoms with Gasteiger partial charge in [-0.25, -0.2) is 14.6 Å². The maximum Gasteiger partial charge on any atom is 0.261 e. The van der Waals surface area contributed by atoms with E-state index in [4.69, 9.17) is 9.97 Å². The number of aromatic nitrogens is 5. The first kappa shape index (κ1) is 18.7. The van der Waals surface area contributed by atoms with E-state index in [1.807, 2.05) is 65.3 Å². The Balaban J connectivity index is 1.53. The van der Waals surface area contributed by atoms with E-state index in [0.29, 0.717) is 18.1 Å². The van der Waals surface area contributed by atoms with E-state index < -0.39 is 0 Å². The molecule has 7 nitrogen and oxygen atoms in total. The zero-order valence-corrected chi connectivity index (χ0v) is 17.9. The number of anilines is 1. The fourth-order valence-corrected chi connectivity index (χ4v) is 4.46. The number of carbonyl (C=O) groups is 1. The van der Waals surface area contributed by atoms with Crippen molar-refractivity contribution in [1.82, 2.24) is 24.3 Å². The third-order valence-electron chi connectivity index (χ3n) is 6.02. The number of pyridine rings is 1. The number of hydrogen-bond donors (Lipinski definition) is 0. The predicted octanol–water partition coefficient (Wildman–Crippen LogP) is 4.69. The normalized spacial score (nSPS) is 13.4. The molecule has 0 N–H and O–H groups in total. The van der Waals surface area contributed by atoms with E-state index in [9.17, 15) is 4.79 Å². The van der Waals surface area contributed by atoms with Gasteiger partial charge in [0.1, 0.15) is 0 Å². The first-order valence-electron chi connectivity index (χ1n) is 10.8. The third kappa shape index (κ3) is 2.74. The molecule has 6 rings (SSSR count). The summed E-state index contributed by atoms with van der Waals surface area (Å²) < 4.78 is 3.99. The Kier molecular flexibility index (Phi) is 4.11. The van der Waals surface area contributed by atoms with Gasteiger partial charge < -0.3 is 4.57 Å². The molecule has 1 aliphatic heterocycles. The second-order valence-corrected chi connectivity index (χ2v) is 8.35. The molecule has 5 aromatic rings. The highest BCUT2D eigenvalue weighted by molar-refractivity contribution is 6.14. The molecule has 7 heteroatoms. The summed E-state index contributed by atoms with van der Waals surface area (Å²) in [5.41, 5.74) is 5.00. The number of fused-ring (bicyclic) bond motifs is 4. The second-order valence-electron chi connectivity index (χ2n) is 8.35. The van der Waals surface area contributed by atoms with E-state index in [2.05, 4.69) is 23.5 Å². The van der Waals surface area contributed by atoms with Crippen molar-refractivity contribution < 1.29 is 4.79 Å². The molecule has 4 heterocycles. The number of imidazole rings is 1. The quantitative estimate of drug-likeness (QED) is 0.423. The number of amides is 1. The number of benzene rings is 2. The Bertz CT molecular complexity index is 1480. The van der Waals surface area contributed by atoms with Gasteiger partial charge in [0.05, 0.1) is 33.9 Å². The molecule has 0 saturated carbocycles. The maximum absolute atomic E-state index is 13.9. The number of rotatable bonds is 3. The van der Waals surface area contributed by atoms with E-state index in [1.54, 1.807) is 11.1 Å². The summed E-state index contributed by atoms with van der Waals surface area (Å²) in [6, 6.07) is 20.0. The van der Waals surface area contributed by atoms with Gasteiger partial charge in [-0.1, -0.05) is 42.5 Å². The highest BCUT2D eigenvalue weighted by atomic mass is 16.2. The highest BCUT2D eigenvalue weighted by Crippen LogP contribution is 2.32. The van der Waals surface area contributed by atoms with Crippen LogP contribution in [-0.2, 0) is 6.54 Å². The second kappa shape index (κ2) is 7.02. The summed E-state index contributed by atoms with van der Waals surface area (Å²) in [5, 5.41) is 5.30. The van der Waals surface area contributed by atoms with E-state index in [0.717, 1.165) is 39.9 Å². The van der Waals surface area contributed by atoms with Gasteiger partial charge in [0.15, 0.2) is 5.65 Å². The van der Waals surface area contributed by atoms with Gasteiger partial charge in [-0.05, 0) is 32.0 Å². The summed E-state index contributed by atoms with van der Waals surface area (Å²) >= 11 is 0. The van der Waals surface area contributed by atoms with Crippen LogP contribution in [0.25, 0.3) is 33.3 Å². The van der Waals surface area contributed by atoms with E-state index in [1.165, 1.54) is 0 Å². The van der Waals surface area contributed by atoms with Crippen molar-refractivity contribution >= 4 is 33.9 Å². The van der Waals surface area contributed by atoms with Gasteiger partial charge in [-0.3, -0.25) is 9.69 Å². The molecule has 0 saturated heterocycles. The fraction of sp³-hybridized carbons (Fsp3) is 0.200. The molecular weight excluding hydrogens is 400 g/mol. The minimum Gasteiger partial charge on any atom is -0.308 e. The van der Waals surface area contributed by atoms with Crippen LogP contribution in [0.4, 0.5) is 5.95 Å². The Labute approximate surface area is 184 Å². The topological polar surface area (TPSA) is 68.8 Å². The van der Waals surface area contributed by atoms with Crippen molar-refractivity contribution in [2.24, 2.45) is 0 Å². The van der Waals surface area contributed by atoms with E-state index in [-0.39, 0.29) is 11.9 Å². The summed E-state index contributed by atoms with van der Waals surface area (Å²) in [6.45, 7) is 5.45. The highest BCUT2D eigenvalue weighted by Gasteiger charge is 2.31. The monoisotopic (exact) mass is 422 g/mol. The molecule has 1 aliphatic rings. The molecule has 0 spiro atoms. The zero-order chi connectivity index (χ0) is 21.8. The summed E-state index contributed by atoms with van der Waals surface area (Å²) in [5.74, 6) is 0.616. The lowest BCUT2D eigenvalue weighted by Crippen LogP contribution is -2.29. The lowest BCUT2D eigenvalue weighted by molar-refractivity contribution is 0.0990. The lowest BCUT2D eigenvalue weighted by atomic mass is 10.1. The molecule has 0 unspecified atom stereocenters.